The molecule has 4 aromatic rings. The average molecular weight is 490 g/mol. The van der Waals surface area contributed by atoms with E-state index in [-0.39, 0.29) is 4.75 Å². The standard InChI is InChI=1S/C28H31N3O3S/c1-17-9-10-20(30-15-17)16-34-23-12-11-22-24(18(23)2)26(35-28(3,4)5)25(31-22)21(27(32)33)14-19-8-6-7-13-29-19/h6-13,15,21,31H,14,16H2,1-5H3,(H,32,33). The van der Waals surface area contributed by atoms with Gasteiger partial charge >= 0.3 is 5.97 Å². The molecule has 0 saturated carbocycles. The Morgan fingerprint density at radius 1 is 1.09 bits per heavy atom. The van der Waals surface area contributed by atoms with Crippen molar-refractivity contribution in [1.82, 2.24) is 15.0 Å². The number of aliphatic carboxylic acids is 1. The first kappa shape index (κ1) is 24.8. The monoisotopic (exact) mass is 489 g/mol. The van der Waals surface area contributed by atoms with Crippen molar-refractivity contribution in [3.05, 3.63) is 83.1 Å². The fourth-order valence-electron chi connectivity index (χ4n) is 4.02. The van der Waals surface area contributed by atoms with Crippen molar-refractivity contribution in [1.29, 1.82) is 0 Å². The maximum Gasteiger partial charge on any atom is 0.312 e. The molecule has 3 aromatic heterocycles. The number of carbonyl (C=O) groups is 1. The largest absolute Gasteiger partial charge is 0.487 e. The van der Waals surface area contributed by atoms with E-state index in [9.17, 15) is 9.90 Å². The smallest absolute Gasteiger partial charge is 0.312 e. The Morgan fingerprint density at radius 3 is 2.51 bits per heavy atom. The van der Waals surface area contributed by atoms with Crippen molar-refractivity contribution < 1.29 is 14.6 Å². The molecule has 3 heterocycles. The number of ether oxygens (including phenoxy) is 1. The zero-order valence-electron chi connectivity index (χ0n) is 20.8. The quantitative estimate of drug-likeness (QED) is 0.276. The van der Waals surface area contributed by atoms with Crippen LogP contribution in [0.1, 0.15) is 54.9 Å². The molecule has 1 unspecified atom stereocenters. The predicted octanol–water partition coefficient (Wildman–Crippen LogP) is 6.46. The molecule has 182 valence electrons. The fraction of sp³-hybridized carbons (Fsp3) is 0.321. The first-order chi connectivity index (χ1) is 16.6. The van der Waals surface area contributed by atoms with Gasteiger partial charge in [0.1, 0.15) is 18.3 Å². The lowest BCUT2D eigenvalue weighted by Gasteiger charge is -2.21. The predicted molar refractivity (Wildman–Crippen MR) is 140 cm³/mol. The molecular weight excluding hydrogens is 458 g/mol. The van der Waals surface area contributed by atoms with Gasteiger partial charge in [-0.3, -0.25) is 14.8 Å². The molecule has 1 atom stereocenters. The molecule has 0 bridgehead atoms. The number of H-pyrrole nitrogens is 1. The van der Waals surface area contributed by atoms with E-state index in [0.29, 0.717) is 18.7 Å². The zero-order valence-corrected chi connectivity index (χ0v) is 21.6. The van der Waals surface area contributed by atoms with Crippen LogP contribution in [0, 0.1) is 13.8 Å². The van der Waals surface area contributed by atoms with E-state index in [0.717, 1.165) is 44.1 Å². The Hall–Kier alpha value is -3.32. The summed E-state index contributed by atoms with van der Waals surface area (Å²) in [5, 5.41) is 11.2. The van der Waals surface area contributed by atoms with Gasteiger partial charge in [-0.2, -0.15) is 0 Å². The summed E-state index contributed by atoms with van der Waals surface area (Å²) in [7, 11) is 0. The van der Waals surface area contributed by atoms with Crippen molar-refractivity contribution >= 4 is 28.6 Å². The van der Waals surface area contributed by atoms with Crippen LogP contribution in [-0.2, 0) is 17.8 Å². The van der Waals surface area contributed by atoms with E-state index < -0.39 is 11.9 Å². The third-order valence-electron chi connectivity index (χ3n) is 5.70. The molecule has 0 amide bonds. The molecule has 6 nitrogen and oxygen atoms in total. The lowest BCUT2D eigenvalue weighted by Crippen LogP contribution is -2.17. The molecule has 4 rings (SSSR count). The van der Waals surface area contributed by atoms with Crippen LogP contribution in [0.4, 0.5) is 0 Å². The summed E-state index contributed by atoms with van der Waals surface area (Å²) in [5.74, 6) is -0.863. The number of carboxylic acid groups (broad SMARTS) is 1. The number of rotatable bonds is 8. The summed E-state index contributed by atoms with van der Waals surface area (Å²) in [4.78, 5) is 25.6. The number of aromatic nitrogens is 3. The molecular formula is C28H31N3O3S. The molecule has 35 heavy (non-hydrogen) atoms. The summed E-state index contributed by atoms with van der Waals surface area (Å²) >= 11 is 1.68. The minimum Gasteiger partial charge on any atom is -0.487 e. The van der Waals surface area contributed by atoms with E-state index >= 15 is 0 Å². The Labute approximate surface area is 210 Å². The highest BCUT2D eigenvalue weighted by molar-refractivity contribution is 8.00. The van der Waals surface area contributed by atoms with Crippen LogP contribution >= 0.6 is 11.8 Å². The maximum atomic E-state index is 12.4. The van der Waals surface area contributed by atoms with Crippen LogP contribution in [0.5, 0.6) is 5.75 Å². The van der Waals surface area contributed by atoms with Gasteiger partial charge in [-0.1, -0.05) is 32.9 Å². The Kier molecular flexibility index (Phi) is 7.17. The van der Waals surface area contributed by atoms with Gasteiger partial charge in [0.25, 0.3) is 0 Å². The second kappa shape index (κ2) is 10.1. The summed E-state index contributed by atoms with van der Waals surface area (Å²) in [5.41, 5.74) is 5.29. The van der Waals surface area contributed by atoms with E-state index in [2.05, 4.69) is 35.7 Å². The number of aromatic amines is 1. The number of hydrogen-bond acceptors (Lipinski definition) is 5. The molecule has 0 aliphatic carbocycles. The second-order valence-corrected chi connectivity index (χ2v) is 11.6. The topological polar surface area (TPSA) is 88.1 Å². The molecule has 1 aromatic carbocycles. The van der Waals surface area contributed by atoms with E-state index in [4.69, 9.17) is 4.74 Å². The van der Waals surface area contributed by atoms with Crippen molar-refractivity contribution in [3.63, 3.8) is 0 Å². The van der Waals surface area contributed by atoms with Crippen LogP contribution < -0.4 is 4.74 Å². The van der Waals surface area contributed by atoms with Crippen molar-refractivity contribution in [2.75, 3.05) is 0 Å². The number of nitrogens with one attached hydrogen (secondary N) is 1. The highest BCUT2D eigenvalue weighted by Gasteiger charge is 2.30. The van der Waals surface area contributed by atoms with Crippen molar-refractivity contribution in [2.24, 2.45) is 0 Å². The van der Waals surface area contributed by atoms with Gasteiger partial charge in [-0.25, -0.2) is 0 Å². The number of aryl methyl sites for hydroxylation is 2. The third-order valence-corrected chi connectivity index (χ3v) is 6.94. The number of benzene rings is 1. The number of thioether (sulfide) groups is 1. The number of hydrogen-bond donors (Lipinski definition) is 2. The maximum absolute atomic E-state index is 12.4. The van der Waals surface area contributed by atoms with Gasteiger partial charge in [0, 0.05) is 56.3 Å². The van der Waals surface area contributed by atoms with Crippen LogP contribution in [0.25, 0.3) is 10.9 Å². The molecule has 7 heteroatoms. The minimum atomic E-state index is -0.877. The molecule has 0 aliphatic rings. The zero-order chi connectivity index (χ0) is 25.2. The lowest BCUT2D eigenvalue weighted by molar-refractivity contribution is -0.138. The van der Waals surface area contributed by atoms with Crippen LogP contribution in [0.2, 0.25) is 0 Å². The van der Waals surface area contributed by atoms with Gasteiger partial charge in [-0.05, 0) is 49.7 Å². The molecule has 2 N–H and O–H groups in total. The molecule has 0 fully saturated rings. The number of pyridine rings is 2. The fourth-order valence-corrected chi connectivity index (χ4v) is 5.30. The number of nitrogens with zero attached hydrogens (tertiary/aromatic N) is 2. The van der Waals surface area contributed by atoms with E-state index in [1.54, 1.807) is 18.0 Å². The second-order valence-electron chi connectivity index (χ2n) is 9.73. The highest BCUT2D eigenvalue weighted by atomic mass is 32.2. The summed E-state index contributed by atoms with van der Waals surface area (Å²) in [6, 6.07) is 13.5. The third kappa shape index (κ3) is 5.85. The first-order valence-corrected chi connectivity index (χ1v) is 12.5. The minimum absolute atomic E-state index is 0.118. The lowest BCUT2D eigenvalue weighted by atomic mass is 9.98. The molecule has 0 radical (unpaired) electrons. The van der Waals surface area contributed by atoms with Gasteiger partial charge < -0.3 is 14.8 Å². The first-order valence-electron chi connectivity index (χ1n) is 11.6. The Bertz CT molecular complexity index is 1330. The average Bonchev–Trinajstić information content (AvgIpc) is 3.15. The Morgan fingerprint density at radius 2 is 1.89 bits per heavy atom. The molecule has 0 spiro atoms. The van der Waals surface area contributed by atoms with Crippen molar-refractivity contribution in [3.8, 4) is 5.75 Å². The van der Waals surface area contributed by atoms with Crippen molar-refractivity contribution in [2.45, 2.75) is 63.2 Å². The van der Waals surface area contributed by atoms with Crippen LogP contribution in [0.3, 0.4) is 0 Å². The summed E-state index contributed by atoms with van der Waals surface area (Å²) in [6.45, 7) is 10.8. The van der Waals surface area contributed by atoms with Gasteiger partial charge in [0.2, 0.25) is 0 Å². The van der Waals surface area contributed by atoms with Gasteiger partial charge in [0.05, 0.1) is 5.69 Å². The number of carboxylic acids is 1. The summed E-state index contributed by atoms with van der Waals surface area (Å²) < 4.78 is 6.04. The molecule has 0 aliphatic heterocycles. The molecule has 0 saturated heterocycles. The van der Waals surface area contributed by atoms with E-state index in [1.165, 1.54) is 0 Å². The van der Waals surface area contributed by atoms with Gasteiger partial charge in [-0.15, -0.1) is 11.8 Å². The van der Waals surface area contributed by atoms with E-state index in [1.807, 2.05) is 62.5 Å². The van der Waals surface area contributed by atoms with Crippen LogP contribution in [-0.4, -0.2) is 30.8 Å². The highest BCUT2D eigenvalue weighted by Crippen LogP contribution is 2.45. The number of fused-ring (bicyclic) bond motifs is 1. The van der Waals surface area contributed by atoms with Crippen LogP contribution in [0.15, 0.2) is 59.8 Å². The normalized spacial score (nSPS) is 12.6. The van der Waals surface area contributed by atoms with Gasteiger partial charge in [0.15, 0.2) is 0 Å². The SMILES string of the molecule is Cc1ccc(COc2ccc3[nH]c(C(Cc4ccccn4)C(=O)O)c(SC(C)(C)C)c3c2C)nc1. The Balaban J connectivity index is 1.77. The summed E-state index contributed by atoms with van der Waals surface area (Å²) in [6.07, 6.45) is 3.84.